The largest absolute Gasteiger partial charge is 1.00 e. The van der Waals surface area contributed by atoms with Crippen molar-refractivity contribution in [3.05, 3.63) is 0 Å². The van der Waals surface area contributed by atoms with E-state index in [-0.39, 0.29) is 29.9 Å². The fourth-order valence-electron chi connectivity index (χ4n) is 2.74. The summed E-state index contributed by atoms with van der Waals surface area (Å²) in [5, 5.41) is 7.92. The molecule has 1 aliphatic rings. The van der Waals surface area contributed by atoms with Crippen LogP contribution in [0, 0.1) is 5.41 Å². The zero-order valence-electron chi connectivity index (χ0n) is 14.6. The molecule has 3 N–H and O–H groups in total. The highest BCUT2D eigenvalue weighted by Gasteiger charge is 2.23. The molecule has 0 unspecified atom stereocenters. The molecule has 1 rings (SSSR count). The number of likely N-dealkylation sites (tertiary alicyclic amines) is 1. The summed E-state index contributed by atoms with van der Waals surface area (Å²) in [6.07, 6.45) is 6.46. The maximum atomic E-state index is 7.92. The van der Waals surface area contributed by atoms with E-state index >= 15 is 0 Å². The maximum absolute atomic E-state index is 7.92. The highest BCUT2D eigenvalue weighted by atomic mass is 127. The zero-order chi connectivity index (χ0) is 15.9. The lowest BCUT2D eigenvalue weighted by Gasteiger charge is -2.38. The standard InChI is InChI=1S/C15H33N6.HI/c1-19(2)14(16)18-15(17)20(3)10-6-9-13-21(4)11-7-5-8-12-21;/h5-13H2,1-4H3,(H3,16,17,18);1H/q+1;/p-1. The number of aliphatic imine (C=N–C) groups is 1. The van der Waals surface area contributed by atoms with Crippen LogP contribution in [-0.2, 0) is 0 Å². The number of nitrogens with one attached hydrogen (secondary N) is 1. The topological polar surface area (TPSA) is 68.7 Å². The van der Waals surface area contributed by atoms with Gasteiger partial charge in [0.05, 0.1) is 26.7 Å². The van der Waals surface area contributed by atoms with Gasteiger partial charge in [0.1, 0.15) is 0 Å². The quantitative estimate of drug-likeness (QED) is 0.179. The maximum Gasteiger partial charge on any atom is 0.220 e. The highest BCUT2D eigenvalue weighted by molar-refractivity contribution is 5.92. The summed E-state index contributed by atoms with van der Waals surface area (Å²) in [6, 6.07) is 0. The molecule has 0 radical (unpaired) electrons. The van der Waals surface area contributed by atoms with Gasteiger partial charge >= 0.3 is 0 Å². The second-order valence-corrected chi connectivity index (χ2v) is 6.67. The summed E-state index contributed by atoms with van der Waals surface area (Å²) in [5.74, 6) is 0.609. The Hall–Kier alpha value is -0.570. The summed E-state index contributed by atoms with van der Waals surface area (Å²) < 4.78 is 1.23. The van der Waals surface area contributed by atoms with E-state index in [4.69, 9.17) is 11.1 Å². The van der Waals surface area contributed by atoms with Crippen LogP contribution in [0.5, 0.6) is 0 Å². The van der Waals surface area contributed by atoms with Crippen molar-refractivity contribution in [2.45, 2.75) is 32.1 Å². The molecule has 0 aliphatic carbocycles. The molecule has 7 heteroatoms. The van der Waals surface area contributed by atoms with Gasteiger partial charge in [0, 0.05) is 27.7 Å². The number of nitrogens with zero attached hydrogens (tertiary/aromatic N) is 4. The van der Waals surface area contributed by atoms with E-state index in [1.165, 1.54) is 49.8 Å². The molecule has 130 valence electrons. The predicted octanol–water partition coefficient (Wildman–Crippen LogP) is -1.86. The average molecular weight is 424 g/mol. The number of unbranched alkanes of at least 4 members (excludes halogenated alkanes) is 1. The van der Waals surface area contributed by atoms with Crippen LogP contribution in [0.4, 0.5) is 0 Å². The van der Waals surface area contributed by atoms with Gasteiger partial charge in [-0.1, -0.05) is 0 Å². The van der Waals surface area contributed by atoms with Crippen molar-refractivity contribution >= 4 is 11.9 Å². The lowest BCUT2D eigenvalue weighted by Crippen LogP contribution is -3.00. The lowest BCUT2D eigenvalue weighted by molar-refractivity contribution is -0.914. The summed E-state index contributed by atoms with van der Waals surface area (Å²) >= 11 is 0. The smallest absolute Gasteiger partial charge is 0.220 e. The van der Waals surface area contributed by atoms with Crippen LogP contribution >= 0.6 is 0 Å². The van der Waals surface area contributed by atoms with Crippen molar-refractivity contribution in [2.24, 2.45) is 10.7 Å². The molecular weight excluding hydrogens is 391 g/mol. The highest BCUT2D eigenvalue weighted by Crippen LogP contribution is 2.17. The molecule has 0 amide bonds. The minimum absolute atomic E-state index is 0. The second-order valence-electron chi connectivity index (χ2n) is 6.67. The molecule has 1 heterocycles. The molecule has 0 atom stereocenters. The normalized spacial score (nSPS) is 17.5. The summed E-state index contributed by atoms with van der Waals surface area (Å²) in [5.41, 5.74) is 5.73. The Morgan fingerprint density at radius 3 is 2.27 bits per heavy atom. The van der Waals surface area contributed by atoms with Crippen LogP contribution < -0.4 is 29.7 Å². The van der Waals surface area contributed by atoms with Gasteiger partial charge in [0.15, 0.2) is 5.96 Å². The monoisotopic (exact) mass is 424 g/mol. The van der Waals surface area contributed by atoms with Gasteiger partial charge in [-0.2, -0.15) is 4.99 Å². The Kier molecular flexibility index (Phi) is 9.99. The molecule has 1 aliphatic heterocycles. The lowest BCUT2D eigenvalue weighted by atomic mass is 10.1. The van der Waals surface area contributed by atoms with Gasteiger partial charge in [0.2, 0.25) is 5.96 Å². The van der Waals surface area contributed by atoms with E-state index in [0.717, 1.165) is 13.0 Å². The number of hydrogen-bond acceptors (Lipinski definition) is 1. The van der Waals surface area contributed by atoms with Crippen LogP contribution in [0.3, 0.4) is 0 Å². The molecule has 0 aromatic heterocycles. The van der Waals surface area contributed by atoms with E-state index in [2.05, 4.69) is 12.0 Å². The van der Waals surface area contributed by atoms with Gasteiger partial charge in [-0.15, -0.1) is 0 Å². The van der Waals surface area contributed by atoms with Gasteiger partial charge in [-0.3, -0.25) is 5.41 Å². The fourth-order valence-corrected chi connectivity index (χ4v) is 2.74. The van der Waals surface area contributed by atoms with Gasteiger partial charge < -0.3 is 44.0 Å². The number of guanidine groups is 2. The van der Waals surface area contributed by atoms with Crippen molar-refractivity contribution in [3.63, 3.8) is 0 Å². The van der Waals surface area contributed by atoms with Crippen LogP contribution in [-0.4, -0.2) is 80.6 Å². The summed E-state index contributed by atoms with van der Waals surface area (Å²) in [7, 11) is 7.95. The molecule has 1 fully saturated rings. The number of rotatable bonds is 5. The zero-order valence-corrected chi connectivity index (χ0v) is 16.8. The molecule has 0 aromatic rings. The minimum Gasteiger partial charge on any atom is -1.00 e. The first kappa shape index (κ1) is 21.4. The van der Waals surface area contributed by atoms with Crippen molar-refractivity contribution in [2.75, 3.05) is 54.4 Å². The Bertz CT molecular complexity index is 363. The fraction of sp³-hybridized carbons (Fsp3) is 0.867. The third-order valence-electron chi connectivity index (χ3n) is 4.38. The van der Waals surface area contributed by atoms with Crippen LogP contribution in [0.15, 0.2) is 4.99 Å². The molecule has 0 bridgehead atoms. The number of quaternary nitrogens is 1. The van der Waals surface area contributed by atoms with Crippen LogP contribution in [0.1, 0.15) is 32.1 Å². The Labute approximate surface area is 152 Å². The Morgan fingerprint density at radius 2 is 1.73 bits per heavy atom. The van der Waals surface area contributed by atoms with Crippen molar-refractivity contribution in [3.8, 4) is 0 Å². The third-order valence-corrected chi connectivity index (χ3v) is 4.38. The number of hydrogen-bond donors (Lipinski definition) is 2. The van der Waals surface area contributed by atoms with Crippen molar-refractivity contribution in [1.82, 2.24) is 9.80 Å². The van der Waals surface area contributed by atoms with Crippen LogP contribution in [0.25, 0.3) is 0 Å². The number of halogens is 1. The average Bonchev–Trinajstić information content (AvgIpc) is 2.43. The molecule has 0 aromatic carbocycles. The first-order valence-corrected chi connectivity index (χ1v) is 7.99. The minimum atomic E-state index is 0. The molecule has 22 heavy (non-hydrogen) atoms. The Balaban J connectivity index is 0.00000441. The van der Waals surface area contributed by atoms with Crippen molar-refractivity contribution in [1.29, 1.82) is 5.41 Å². The van der Waals surface area contributed by atoms with E-state index in [1.54, 1.807) is 4.90 Å². The van der Waals surface area contributed by atoms with E-state index in [1.807, 2.05) is 26.0 Å². The first-order chi connectivity index (χ1) is 9.84. The predicted molar refractivity (Wildman–Crippen MR) is 89.5 cm³/mol. The van der Waals surface area contributed by atoms with E-state index in [9.17, 15) is 0 Å². The molecule has 0 saturated carbocycles. The molecule has 1 saturated heterocycles. The molecular formula is C15H33IN6. The van der Waals surface area contributed by atoms with E-state index in [0.29, 0.717) is 5.96 Å². The Morgan fingerprint density at radius 1 is 1.14 bits per heavy atom. The third kappa shape index (κ3) is 7.62. The summed E-state index contributed by atoms with van der Waals surface area (Å²) in [6.45, 7) is 4.78. The van der Waals surface area contributed by atoms with Crippen LogP contribution in [0.2, 0.25) is 0 Å². The SMILES string of the molecule is CN(C)C(N)=NC(=N)N(C)CCCC[N+]1(C)CCCCC1.[I-]. The number of piperidine rings is 1. The number of nitrogens with two attached hydrogens (primary N) is 1. The second kappa shape index (κ2) is 10.3. The van der Waals surface area contributed by atoms with Gasteiger partial charge in [0.25, 0.3) is 0 Å². The first-order valence-electron chi connectivity index (χ1n) is 7.99. The van der Waals surface area contributed by atoms with Crippen molar-refractivity contribution < 1.29 is 28.5 Å². The van der Waals surface area contributed by atoms with Gasteiger partial charge in [-0.25, -0.2) is 0 Å². The van der Waals surface area contributed by atoms with Gasteiger partial charge in [-0.05, 0) is 32.1 Å². The van der Waals surface area contributed by atoms with E-state index < -0.39 is 0 Å². The summed E-state index contributed by atoms with van der Waals surface area (Å²) in [4.78, 5) is 7.66. The molecule has 0 spiro atoms. The molecule has 6 nitrogen and oxygen atoms in total.